The molecule has 6 nitrogen and oxygen atoms in total. The van der Waals surface area contributed by atoms with E-state index in [1.807, 2.05) is 0 Å². The molecule has 21 heavy (non-hydrogen) atoms. The zero-order chi connectivity index (χ0) is 15.0. The lowest BCUT2D eigenvalue weighted by atomic mass is 10.1. The average molecular weight is 317 g/mol. The molecule has 1 aromatic rings. The van der Waals surface area contributed by atoms with Crippen molar-refractivity contribution in [3.8, 4) is 5.75 Å². The first-order chi connectivity index (χ1) is 9.96. The number of hydrogen-bond acceptors (Lipinski definition) is 4. The van der Waals surface area contributed by atoms with Gasteiger partial charge in [-0.1, -0.05) is 18.2 Å². The van der Waals surface area contributed by atoms with Gasteiger partial charge in [0.15, 0.2) is 0 Å². The lowest BCUT2D eigenvalue weighted by molar-refractivity contribution is -0.0510. The smallest absolute Gasteiger partial charge is 0.387 e. The molecule has 9 heteroatoms. The van der Waals surface area contributed by atoms with Gasteiger partial charge in [-0.05, 0) is 12.5 Å². The van der Waals surface area contributed by atoms with Crippen LogP contribution in [0.2, 0.25) is 0 Å². The van der Waals surface area contributed by atoms with Gasteiger partial charge in [-0.15, -0.1) is 4.40 Å². The predicted octanol–water partition coefficient (Wildman–Crippen LogP) is 1.63. The molecule has 1 saturated heterocycles. The van der Waals surface area contributed by atoms with Gasteiger partial charge in [0, 0.05) is 18.5 Å². The average Bonchev–Trinajstić information content (AvgIpc) is 2.84. The van der Waals surface area contributed by atoms with Crippen LogP contribution in [0.15, 0.2) is 28.7 Å². The molecule has 0 unspecified atom stereocenters. The van der Waals surface area contributed by atoms with Crippen molar-refractivity contribution in [1.82, 2.24) is 9.62 Å². The second kappa shape index (κ2) is 5.23. The van der Waals surface area contributed by atoms with Gasteiger partial charge in [-0.3, -0.25) is 0 Å². The third kappa shape index (κ3) is 2.84. The summed E-state index contributed by atoms with van der Waals surface area (Å²) in [7, 11) is -3.83. The Morgan fingerprint density at radius 1 is 1.38 bits per heavy atom. The minimum atomic E-state index is -3.83. The lowest BCUT2D eigenvalue weighted by Crippen LogP contribution is -2.46. The van der Waals surface area contributed by atoms with Gasteiger partial charge in [0.05, 0.1) is 0 Å². The van der Waals surface area contributed by atoms with Crippen LogP contribution >= 0.6 is 0 Å². The molecule has 1 atom stereocenters. The normalized spacial score (nSPS) is 23.9. The number of benzene rings is 1. The second-order valence-electron chi connectivity index (χ2n) is 4.72. The van der Waals surface area contributed by atoms with Gasteiger partial charge in [-0.25, -0.2) is 0 Å². The van der Waals surface area contributed by atoms with Crippen LogP contribution in [0, 0.1) is 0 Å². The van der Waals surface area contributed by atoms with Crippen LogP contribution < -0.4 is 9.46 Å². The Morgan fingerprint density at radius 3 is 2.90 bits per heavy atom. The van der Waals surface area contributed by atoms with Crippen molar-refractivity contribution >= 4 is 16.0 Å². The van der Waals surface area contributed by atoms with Crippen molar-refractivity contribution in [3.63, 3.8) is 0 Å². The molecule has 114 valence electrons. The molecule has 0 radical (unpaired) electrons. The summed E-state index contributed by atoms with van der Waals surface area (Å²) in [4.78, 5) is 1.76. The number of amidine groups is 1. The highest BCUT2D eigenvalue weighted by Crippen LogP contribution is 2.34. The summed E-state index contributed by atoms with van der Waals surface area (Å²) in [5, 5.41) is 0. The molecule has 3 rings (SSSR count). The summed E-state index contributed by atoms with van der Waals surface area (Å²) >= 11 is 0. The van der Waals surface area contributed by atoms with Gasteiger partial charge >= 0.3 is 16.8 Å². The van der Waals surface area contributed by atoms with Gasteiger partial charge < -0.3 is 9.64 Å². The van der Waals surface area contributed by atoms with E-state index in [0.717, 1.165) is 6.42 Å². The monoisotopic (exact) mass is 317 g/mol. The molecule has 0 saturated carbocycles. The molecule has 0 bridgehead atoms. The second-order valence-corrected chi connectivity index (χ2v) is 6.08. The van der Waals surface area contributed by atoms with E-state index in [2.05, 4.69) is 13.9 Å². The van der Waals surface area contributed by atoms with Crippen molar-refractivity contribution in [2.45, 2.75) is 25.6 Å². The van der Waals surface area contributed by atoms with E-state index in [9.17, 15) is 17.2 Å². The van der Waals surface area contributed by atoms with Crippen LogP contribution in [-0.4, -0.2) is 32.3 Å². The number of alkyl halides is 2. The lowest BCUT2D eigenvalue weighted by Gasteiger charge is -2.33. The summed E-state index contributed by atoms with van der Waals surface area (Å²) in [6.45, 7) is -2.37. The number of rotatable bonds is 3. The van der Waals surface area contributed by atoms with Crippen LogP contribution in [0.3, 0.4) is 0 Å². The molecule has 0 aliphatic carbocycles. The summed E-state index contributed by atoms with van der Waals surface area (Å²) in [6, 6.07) is 6.14. The largest absolute Gasteiger partial charge is 0.434 e. The third-order valence-electron chi connectivity index (χ3n) is 3.36. The zero-order valence-electron chi connectivity index (χ0n) is 10.9. The highest BCUT2D eigenvalue weighted by Gasteiger charge is 2.37. The zero-order valence-corrected chi connectivity index (χ0v) is 11.7. The first-order valence-electron chi connectivity index (χ1n) is 6.38. The number of para-hydroxylation sites is 1. The van der Waals surface area contributed by atoms with Crippen molar-refractivity contribution in [2.75, 3.05) is 6.54 Å². The minimum absolute atomic E-state index is 0.0478. The van der Waals surface area contributed by atoms with E-state index >= 15 is 0 Å². The van der Waals surface area contributed by atoms with Crippen molar-refractivity contribution in [3.05, 3.63) is 29.8 Å². The third-order valence-corrected chi connectivity index (χ3v) is 4.33. The highest BCUT2D eigenvalue weighted by molar-refractivity contribution is 7.88. The number of hydrogen-bond donors (Lipinski definition) is 1. The van der Waals surface area contributed by atoms with Gasteiger partial charge in [-0.2, -0.15) is 21.9 Å². The summed E-state index contributed by atoms with van der Waals surface area (Å²) < 4.78 is 59.1. The summed E-state index contributed by atoms with van der Waals surface area (Å²) in [6.07, 6.45) is 0.541. The SMILES string of the molecule is O=S1(=O)N=C2CCCN2[C@@H](c2ccccc2OC(F)F)N1. The number of halogens is 2. The Labute approximate surface area is 120 Å². The molecule has 2 aliphatic rings. The van der Waals surface area contributed by atoms with E-state index in [0.29, 0.717) is 24.4 Å². The fourth-order valence-corrected chi connectivity index (χ4v) is 3.63. The van der Waals surface area contributed by atoms with E-state index in [1.54, 1.807) is 23.1 Å². The Kier molecular flexibility index (Phi) is 3.54. The molecule has 2 heterocycles. The van der Waals surface area contributed by atoms with Crippen LogP contribution in [0.4, 0.5) is 8.78 Å². The summed E-state index contributed by atoms with van der Waals surface area (Å²) in [5.74, 6) is 0.402. The fourth-order valence-electron chi connectivity index (χ4n) is 2.57. The van der Waals surface area contributed by atoms with E-state index < -0.39 is 23.0 Å². The maximum absolute atomic E-state index is 12.5. The number of fused-ring (bicyclic) bond motifs is 1. The van der Waals surface area contributed by atoms with Crippen molar-refractivity contribution in [1.29, 1.82) is 0 Å². The number of ether oxygens (including phenoxy) is 1. The van der Waals surface area contributed by atoms with E-state index in [4.69, 9.17) is 0 Å². The quantitative estimate of drug-likeness (QED) is 0.920. The molecule has 2 aliphatic heterocycles. The van der Waals surface area contributed by atoms with Gasteiger partial charge in [0.2, 0.25) is 0 Å². The fraction of sp³-hybridized carbons (Fsp3) is 0.417. The number of nitrogens with one attached hydrogen (secondary N) is 1. The molecule has 0 spiro atoms. The maximum atomic E-state index is 12.5. The summed E-state index contributed by atoms with van der Waals surface area (Å²) in [5.41, 5.74) is 0.343. The highest BCUT2D eigenvalue weighted by atomic mass is 32.2. The maximum Gasteiger partial charge on any atom is 0.387 e. The van der Waals surface area contributed by atoms with Crippen molar-refractivity contribution in [2.24, 2.45) is 4.40 Å². The number of nitrogens with zero attached hydrogens (tertiary/aromatic N) is 2. The first-order valence-corrected chi connectivity index (χ1v) is 7.82. The van der Waals surface area contributed by atoms with E-state index in [-0.39, 0.29) is 5.75 Å². The van der Waals surface area contributed by atoms with Crippen LogP contribution in [0.1, 0.15) is 24.6 Å². The Bertz CT molecular complexity index is 678. The van der Waals surface area contributed by atoms with Gasteiger partial charge in [0.1, 0.15) is 17.8 Å². The van der Waals surface area contributed by atoms with E-state index in [1.165, 1.54) is 6.07 Å². The first kappa shape index (κ1) is 14.2. The minimum Gasteiger partial charge on any atom is -0.434 e. The molecular weight excluding hydrogens is 304 g/mol. The van der Waals surface area contributed by atoms with Gasteiger partial charge in [0.25, 0.3) is 0 Å². The molecule has 0 aromatic heterocycles. The molecule has 1 fully saturated rings. The topological polar surface area (TPSA) is 71.0 Å². The molecule has 0 amide bonds. The molecular formula is C12H13F2N3O3S. The van der Waals surface area contributed by atoms with Crippen LogP contribution in [0.5, 0.6) is 5.75 Å². The Morgan fingerprint density at radius 2 is 2.14 bits per heavy atom. The Hall–Kier alpha value is -1.74. The van der Waals surface area contributed by atoms with Crippen LogP contribution in [0.25, 0.3) is 0 Å². The predicted molar refractivity (Wildman–Crippen MR) is 71.2 cm³/mol. The standard InChI is InChI=1S/C12H13F2N3O3S/c13-12(14)20-9-5-2-1-4-8(9)11-16-21(18,19)15-10-6-3-7-17(10)11/h1-2,4-5,11-12,16H,3,6-7H2/t11-/m0/s1. The molecule has 1 N–H and O–H groups in total. The van der Waals surface area contributed by atoms with Crippen LogP contribution in [-0.2, 0) is 10.2 Å². The Balaban J connectivity index is 2.02. The van der Waals surface area contributed by atoms with Crippen molar-refractivity contribution < 1.29 is 21.9 Å². The molecule has 1 aromatic carbocycles.